The minimum atomic E-state index is -0.598. The summed E-state index contributed by atoms with van der Waals surface area (Å²) >= 11 is 0. The Kier molecular flexibility index (Phi) is 7.15. The largest absolute Gasteiger partial charge is 0.364 e. The molecule has 1 aliphatic rings. The third-order valence-electron chi connectivity index (χ3n) is 6.66. The van der Waals surface area contributed by atoms with Crippen LogP contribution in [0.3, 0.4) is 0 Å². The maximum Gasteiger partial charge on any atom is 0.269 e. The molecule has 1 atom stereocenters. The molecule has 3 N–H and O–H groups in total. The monoisotopic (exact) mass is 474 g/mol. The smallest absolute Gasteiger partial charge is 0.269 e. The number of hydrogen-bond donors (Lipinski definition) is 2. The van der Waals surface area contributed by atoms with E-state index in [1.165, 1.54) is 6.07 Å². The number of rotatable bonds is 8. The summed E-state index contributed by atoms with van der Waals surface area (Å²) in [5, 5.41) is 7.60. The fourth-order valence-corrected chi connectivity index (χ4v) is 4.69. The standard InChI is InChI=1S/C28H31FN4O2/c1-4-6-7-8-18(5-2)28(35)31-20-11-9-19-10-13-22-25(27(30)34)32-33(26(22)23(19)16-20)21-12-14-24(29)17(3)15-21/h4,6,9,11-12,14-16,18H,5,7-8,10,13H2,1-3H3,(H2,30,34)(H,31,35)/b6-4-. The van der Waals surface area contributed by atoms with Crippen LogP contribution in [0.5, 0.6) is 0 Å². The third-order valence-corrected chi connectivity index (χ3v) is 6.66. The minimum Gasteiger partial charge on any atom is -0.364 e. The van der Waals surface area contributed by atoms with Gasteiger partial charge in [0.15, 0.2) is 5.69 Å². The lowest BCUT2D eigenvalue weighted by atomic mass is 9.88. The molecule has 6 nitrogen and oxygen atoms in total. The number of fused-ring (bicyclic) bond motifs is 3. The van der Waals surface area contributed by atoms with Crippen molar-refractivity contribution in [1.82, 2.24) is 9.78 Å². The second-order valence-electron chi connectivity index (χ2n) is 9.00. The molecule has 7 heteroatoms. The van der Waals surface area contributed by atoms with Crippen LogP contribution in [0.2, 0.25) is 0 Å². The summed E-state index contributed by atoms with van der Waals surface area (Å²) in [6.45, 7) is 5.68. The number of amides is 2. The number of allylic oxidation sites excluding steroid dienone is 2. The summed E-state index contributed by atoms with van der Waals surface area (Å²) in [7, 11) is 0. The SMILES string of the molecule is C/C=C\CCC(CC)C(=O)Nc1ccc2c(c1)-c1c(c(C(N)=O)nn1-c1ccc(F)c(C)c1)CC2. The zero-order valence-electron chi connectivity index (χ0n) is 20.4. The van der Waals surface area contributed by atoms with E-state index < -0.39 is 5.91 Å². The van der Waals surface area contributed by atoms with Crippen molar-refractivity contribution in [3.05, 3.63) is 76.8 Å². The van der Waals surface area contributed by atoms with Crippen LogP contribution in [-0.2, 0) is 17.6 Å². The van der Waals surface area contributed by atoms with Crippen LogP contribution >= 0.6 is 0 Å². The lowest BCUT2D eigenvalue weighted by molar-refractivity contribution is -0.120. The highest BCUT2D eigenvalue weighted by molar-refractivity contribution is 5.96. The molecule has 0 spiro atoms. The fourth-order valence-electron chi connectivity index (χ4n) is 4.69. The number of carbonyl (C=O) groups is 2. The van der Waals surface area contributed by atoms with Gasteiger partial charge in [-0.05, 0) is 87.4 Å². The number of primary amides is 1. The zero-order valence-corrected chi connectivity index (χ0v) is 20.4. The number of halogens is 1. The first-order valence-electron chi connectivity index (χ1n) is 12.1. The van der Waals surface area contributed by atoms with Gasteiger partial charge in [0.1, 0.15) is 5.82 Å². The summed E-state index contributed by atoms with van der Waals surface area (Å²) in [4.78, 5) is 25.2. The van der Waals surface area contributed by atoms with Crippen molar-refractivity contribution < 1.29 is 14.0 Å². The third kappa shape index (κ3) is 4.90. The van der Waals surface area contributed by atoms with E-state index in [1.54, 1.807) is 23.7 Å². The van der Waals surface area contributed by atoms with Crippen LogP contribution < -0.4 is 11.1 Å². The summed E-state index contributed by atoms with van der Waals surface area (Å²) in [5.74, 6) is -0.991. The van der Waals surface area contributed by atoms with Crippen molar-refractivity contribution in [3.8, 4) is 16.9 Å². The highest BCUT2D eigenvalue weighted by atomic mass is 19.1. The summed E-state index contributed by atoms with van der Waals surface area (Å²) in [5.41, 5.74) is 11.2. The Morgan fingerprint density at radius 1 is 1.23 bits per heavy atom. The Balaban J connectivity index is 1.75. The molecule has 1 heterocycles. The summed E-state index contributed by atoms with van der Waals surface area (Å²) in [6, 6.07) is 10.6. The van der Waals surface area contributed by atoms with Gasteiger partial charge in [0.2, 0.25) is 5.91 Å². The number of nitrogens with two attached hydrogens (primary N) is 1. The highest BCUT2D eigenvalue weighted by Crippen LogP contribution is 2.38. The minimum absolute atomic E-state index is 0.00604. The number of carbonyl (C=O) groups excluding carboxylic acids is 2. The molecule has 182 valence electrons. The van der Waals surface area contributed by atoms with Crippen LogP contribution in [0.15, 0.2) is 48.6 Å². The van der Waals surface area contributed by atoms with Crippen LogP contribution in [0, 0.1) is 18.7 Å². The van der Waals surface area contributed by atoms with Gasteiger partial charge in [0.05, 0.1) is 11.4 Å². The molecule has 0 aliphatic heterocycles. The number of anilines is 1. The van der Waals surface area contributed by atoms with Crippen molar-refractivity contribution in [2.75, 3.05) is 5.32 Å². The predicted octanol–water partition coefficient (Wildman–Crippen LogP) is 5.51. The highest BCUT2D eigenvalue weighted by Gasteiger charge is 2.28. The first-order chi connectivity index (χ1) is 16.8. The van der Waals surface area contributed by atoms with E-state index >= 15 is 0 Å². The Hall–Kier alpha value is -3.74. The molecule has 4 rings (SSSR count). The molecule has 0 fully saturated rings. The fraction of sp³-hybridized carbons (Fsp3) is 0.321. The van der Waals surface area contributed by atoms with E-state index in [4.69, 9.17) is 5.73 Å². The predicted molar refractivity (Wildman–Crippen MR) is 136 cm³/mol. The topological polar surface area (TPSA) is 90.0 Å². The van der Waals surface area contributed by atoms with Crippen molar-refractivity contribution in [2.45, 2.75) is 52.9 Å². The summed E-state index contributed by atoms with van der Waals surface area (Å²) < 4.78 is 15.6. The van der Waals surface area contributed by atoms with Crippen molar-refractivity contribution in [2.24, 2.45) is 11.7 Å². The number of nitrogens with one attached hydrogen (secondary N) is 1. The van der Waals surface area contributed by atoms with Gasteiger partial charge in [-0.15, -0.1) is 0 Å². The number of aromatic nitrogens is 2. The Bertz CT molecular complexity index is 1310. The molecule has 2 amide bonds. The number of aryl methyl sites for hydroxylation is 2. The van der Waals surface area contributed by atoms with Gasteiger partial charge in [-0.3, -0.25) is 9.59 Å². The number of benzene rings is 2. The van der Waals surface area contributed by atoms with Gasteiger partial charge in [-0.25, -0.2) is 9.07 Å². The van der Waals surface area contributed by atoms with Crippen LogP contribution in [-0.4, -0.2) is 21.6 Å². The summed E-state index contributed by atoms with van der Waals surface area (Å²) in [6.07, 6.45) is 7.84. The molecule has 35 heavy (non-hydrogen) atoms. The molecule has 0 saturated heterocycles. The van der Waals surface area contributed by atoms with Gasteiger partial charge < -0.3 is 11.1 Å². The van der Waals surface area contributed by atoms with Gasteiger partial charge in [0.25, 0.3) is 5.91 Å². The molecule has 3 aromatic rings. The number of nitrogens with zero attached hydrogens (tertiary/aromatic N) is 2. The normalized spacial score (nSPS) is 13.4. The van der Waals surface area contributed by atoms with Crippen LogP contribution in [0.1, 0.15) is 60.3 Å². The lowest BCUT2D eigenvalue weighted by Crippen LogP contribution is -2.22. The second-order valence-corrected chi connectivity index (χ2v) is 9.00. The second kappa shape index (κ2) is 10.3. The van der Waals surface area contributed by atoms with Gasteiger partial charge in [-0.1, -0.05) is 25.1 Å². The molecule has 1 aromatic heterocycles. The van der Waals surface area contributed by atoms with Gasteiger partial charge >= 0.3 is 0 Å². The quantitative estimate of drug-likeness (QED) is 0.422. The zero-order chi connectivity index (χ0) is 25.1. The Labute approximate surface area is 205 Å². The first-order valence-corrected chi connectivity index (χ1v) is 12.1. The van der Waals surface area contributed by atoms with Crippen LogP contribution in [0.4, 0.5) is 10.1 Å². The maximum atomic E-state index is 13.9. The lowest BCUT2D eigenvalue weighted by Gasteiger charge is -2.21. The van der Waals surface area contributed by atoms with Crippen molar-refractivity contribution in [1.29, 1.82) is 0 Å². The average molecular weight is 475 g/mol. The van der Waals surface area contributed by atoms with E-state index in [0.29, 0.717) is 23.4 Å². The first kappa shape index (κ1) is 24.4. The molecular formula is C28H31FN4O2. The number of hydrogen-bond acceptors (Lipinski definition) is 3. The molecule has 0 radical (unpaired) electrons. The van der Waals surface area contributed by atoms with E-state index in [2.05, 4.69) is 16.5 Å². The average Bonchev–Trinajstić information content (AvgIpc) is 3.24. The molecule has 0 saturated carbocycles. The maximum absolute atomic E-state index is 13.9. The molecule has 1 aliphatic carbocycles. The van der Waals surface area contributed by atoms with Crippen molar-refractivity contribution in [3.63, 3.8) is 0 Å². The van der Waals surface area contributed by atoms with E-state index in [-0.39, 0.29) is 23.3 Å². The van der Waals surface area contributed by atoms with Crippen molar-refractivity contribution >= 4 is 17.5 Å². The molecule has 2 aromatic carbocycles. The van der Waals surface area contributed by atoms with E-state index in [0.717, 1.165) is 48.1 Å². The molecule has 1 unspecified atom stereocenters. The molecular weight excluding hydrogens is 443 g/mol. The van der Waals surface area contributed by atoms with Crippen LogP contribution in [0.25, 0.3) is 16.9 Å². The van der Waals surface area contributed by atoms with E-state index in [1.807, 2.05) is 38.1 Å². The van der Waals surface area contributed by atoms with Gasteiger partial charge in [-0.2, -0.15) is 5.10 Å². The molecule has 0 bridgehead atoms. The Morgan fingerprint density at radius 3 is 2.71 bits per heavy atom. The van der Waals surface area contributed by atoms with E-state index in [9.17, 15) is 14.0 Å². The Morgan fingerprint density at radius 2 is 2.03 bits per heavy atom. The van der Waals surface area contributed by atoms with Gasteiger partial charge in [0, 0.05) is 22.7 Å².